The number of ether oxygens (including phenoxy) is 1. The van der Waals surface area contributed by atoms with E-state index in [1.54, 1.807) is 37.5 Å². The predicted molar refractivity (Wildman–Crippen MR) is 107 cm³/mol. The van der Waals surface area contributed by atoms with Crippen LogP contribution in [-0.2, 0) is 22.6 Å². The molecule has 1 N–H and O–H groups in total. The number of carbonyl (C=O) groups excluding carboxylic acids is 1. The lowest BCUT2D eigenvalue weighted by molar-refractivity contribution is -0.143. The van der Waals surface area contributed by atoms with Crippen LogP contribution in [0.2, 0.25) is 0 Å². The molecular formula is C23H22FNO3. The van der Waals surface area contributed by atoms with Gasteiger partial charge in [-0.1, -0.05) is 24.3 Å². The molecule has 0 unspecified atom stereocenters. The van der Waals surface area contributed by atoms with Crippen molar-refractivity contribution in [3.63, 3.8) is 0 Å². The highest BCUT2D eigenvalue weighted by molar-refractivity contribution is 5.76. The first kappa shape index (κ1) is 19.5. The fraction of sp³-hybridized carbons (Fsp3) is 0.217. The van der Waals surface area contributed by atoms with Gasteiger partial charge in [0.2, 0.25) is 0 Å². The lowest BCUT2D eigenvalue weighted by atomic mass is 9.92. The second kappa shape index (κ2) is 9.13. The Morgan fingerprint density at radius 2 is 1.86 bits per heavy atom. The maximum atomic E-state index is 13.7. The van der Waals surface area contributed by atoms with Gasteiger partial charge in [-0.15, -0.1) is 0 Å². The van der Waals surface area contributed by atoms with Gasteiger partial charge in [-0.2, -0.15) is 0 Å². The van der Waals surface area contributed by atoms with E-state index in [0.717, 1.165) is 27.8 Å². The summed E-state index contributed by atoms with van der Waals surface area (Å²) in [4.78, 5) is 15.8. The Balaban J connectivity index is 1.96. The predicted octanol–water partition coefficient (Wildman–Crippen LogP) is 5.09. The van der Waals surface area contributed by atoms with Gasteiger partial charge in [0, 0.05) is 24.4 Å². The van der Waals surface area contributed by atoms with Crippen molar-refractivity contribution >= 4 is 5.97 Å². The molecule has 28 heavy (non-hydrogen) atoms. The molecule has 0 bridgehead atoms. The minimum Gasteiger partial charge on any atom is -0.508 e. The van der Waals surface area contributed by atoms with Crippen LogP contribution in [0, 0.1) is 0 Å². The number of rotatable bonds is 7. The van der Waals surface area contributed by atoms with E-state index in [0.29, 0.717) is 18.6 Å². The summed E-state index contributed by atoms with van der Waals surface area (Å²) in [6.07, 6.45) is 4.03. The number of pyridine rings is 1. The Morgan fingerprint density at radius 1 is 1.07 bits per heavy atom. The molecule has 3 aromatic rings. The van der Waals surface area contributed by atoms with Gasteiger partial charge in [-0.05, 0) is 65.4 Å². The van der Waals surface area contributed by atoms with Crippen LogP contribution in [-0.4, -0.2) is 22.7 Å². The SMILES string of the molecule is CCOC(=O)CCc1cc(O)ccc1-c1ccc(-c2cccnc2)c(CF)c1. The molecule has 4 nitrogen and oxygen atoms in total. The second-order valence-electron chi connectivity index (χ2n) is 6.39. The van der Waals surface area contributed by atoms with Crippen molar-refractivity contribution in [3.8, 4) is 28.0 Å². The van der Waals surface area contributed by atoms with Crippen molar-refractivity contribution in [1.29, 1.82) is 0 Å². The van der Waals surface area contributed by atoms with E-state index in [1.165, 1.54) is 0 Å². The van der Waals surface area contributed by atoms with E-state index < -0.39 is 6.67 Å². The third kappa shape index (κ3) is 4.55. The van der Waals surface area contributed by atoms with Crippen molar-refractivity contribution in [2.75, 3.05) is 6.61 Å². The first-order valence-corrected chi connectivity index (χ1v) is 9.19. The zero-order valence-corrected chi connectivity index (χ0v) is 15.7. The van der Waals surface area contributed by atoms with Gasteiger partial charge in [-0.25, -0.2) is 4.39 Å². The van der Waals surface area contributed by atoms with Crippen molar-refractivity contribution < 1.29 is 19.0 Å². The molecule has 144 valence electrons. The van der Waals surface area contributed by atoms with E-state index in [1.807, 2.05) is 30.3 Å². The van der Waals surface area contributed by atoms with E-state index >= 15 is 0 Å². The molecule has 0 saturated carbocycles. The summed E-state index contributed by atoms with van der Waals surface area (Å²) in [6.45, 7) is 1.50. The average Bonchev–Trinajstić information content (AvgIpc) is 2.73. The van der Waals surface area contributed by atoms with Crippen LogP contribution in [0.25, 0.3) is 22.3 Å². The van der Waals surface area contributed by atoms with E-state index in [4.69, 9.17) is 4.74 Å². The highest BCUT2D eigenvalue weighted by Gasteiger charge is 2.12. The maximum absolute atomic E-state index is 13.7. The van der Waals surface area contributed by atoms with Crippen LogP contribution >= 0.6 is 0 Å². The highest BCUT2D eigenvalue weighted by Crippen LogP contribution is 2.33. The molecule has 5 heteroatoms. The quantitative estimate of drug-likeness (QED) is 0.581. The number of phenols is 1. The summed E-state index contributed by atoms with van der Waals surface area (Å²) in [5.74, 6) is -0.159. The van der Waals surface area contributed by atoms with Crippen molar-refractivity contribution in [3.05, 3.63) is 72.1 Å². The van der Waals surface area contributed by atoms with Crippen LogP contribution in [0.5, 0.6) is 5.75 Å². The first-order valence-electron chi connectivity index (χ1n) is 9.19. The van der Waals surface area contributed by atoms with Crippen molar-refractivity contribution in [2.45, 2.75) is 26.4 Å². The number of phenolic OH excluding ortho intramolecular Hbond substituents is 1. The van der Waals surface area contributed by atoms with Crippen LogP contribution in [0.15, 0.2) is 60.9 Å². The number of esters is 1. The molecule has 1 aromatic heterocycles. The molecule has 0 aliphatic carbocycles. The highest BCUT2D eigenvalue weighted by atomic mass is 19.1. The summed E-state index contributed by atoms with van der Waals surface area (Å²) in [5.41, 5.74) is 4.72. The van der Waals surface area contributed by atoms with Crippen LogP contribution in [0.1, 0.15) is 24.5 Å². The molecule has 0 saturated heterocycles. The lowest BCUT2D eigenvalue weighted by Crippen LogP contribution is -2.05. The minimum absolute atomic E-state index is 0.125. The number of alkyl halides is 1. The summed E-state index contributed by atoms with van der Waals surface area (Å²) in [6, 6.07) is 14.3. The lowest BCUT2D eigenvalue weighted by Gasteiger charge is -2.14. The Hall–Kier alpha value is -3.21. The largest absolute Gasteiger partial charge is 0.508 e. The summed E-state index contributed by atoms with van der Waals surface area (Å²) in [7, 11) is 0. The molecule has 0 aliphatic rings. The maximum Gasteiger partial charge on any atom is 0.306 e. The number of aromatic hydroxyl groups is 1. The van der Waals surface area contributed by atoms with E-state index in [2.05, 4.69) is 4.98 Å². The topological polar surface area (TPSA) is 59.4 Å². The standard InChI is InChI=1S/C23H22FNO3/c1-2-28-23(27)10-6-17-13-20(26)7-9-21(17)16-5-8-22(19(12-16)14-24)18-4-3-11-25-15-18/h3-5,7-9,11-13,15,26H,2,6,10,14H2,1H3. The second-order valence-corrected chi connectivity index (χ2v) is 6.39. The van der Waals surface area contributed by atoms with Gasteiger partial charge < -0.3 is 9.84 Å². The number of aryl methyl sites for hydroxylation is 1. The van der Waals surface area contributed by atoms with Gasteiger partial charge in [-0.3, -0.25) is 9.78 Å². The van der Waals surface area contributed by atoms with Gasteiger partial charge in [0.25, 0.3) is 0 Å². The van der Waals surface area contributed by atoms with Crippen LogP contribution in [0.4, 0.5) is 4.39 Å². The average molecular weight is 379 g/mol. The molecular weight excluding hydrogens is 357 g/mol. The van der Waals surface area contributed by atoms with Crippen LogP contribution in [0.3, 0.4) is 0 Å². The Bertz CT molecular complexity index is 957. The number of halogens is 1. The van der Waals surface area contributed by atoms with Gasteiger partial charge >= 0.3 is 5.97 Å². The zero-order chi connectivity index (χ0) is 19.9. The van der Waals surface area contributed by atoms with Crippen LogP contribution < -0.4 is 0 Å². The molecule has 0 fully saturated rings. The molecule has 0 aliphatic heterocycles. The Kier molecular flexibility index (Phi) is 6.37. The normalized spacial score (nSPS) is 10.6. The zero-order valence-electron chi connectivity index (χ0n) is 15.7. The number of hydrogen-bond acceptors (Lipinski definition) is 4. The van der Waals surface area contributed by atoms with Gasteiger partial charge in [0.15, 0.2) is 0 Å². The van der Waals surface area contributed by atoms with Gasteiger partial charge in [0.05, 0.1) is 6.61 Å². The smallest absolute Gasteiger partial charge is 0.306 e. The molecule has 0 radical (unpaired) electrons. The molecule has 2 aromatic carbocycles. The third-order valence-corrected chi connectivity index (χ3v) is 4.53. The van der Waals surface area contributed by atoms with E-state index in [-0.39, 0.29) is 18.1 Å². The molecule has 0 amide bonds. The summed E-state index contributed by atoms with van der Waals surface area (Å²) >= 11 is 0. The molecule has 0 atom stereocenters. The number of nitrogens with zero attached hydrogens (tertiary/aromatic N) is 1. The Morgan fingerprint density at radius 3 is 2.57 bits per heavy atom. The van der Waals surface area contributed by atoms with Crippen molar-refractivity contribution in [1.82, 2.24) is 4.98 Å². The monoisotopic (exact) mass is 379 g/mol. The van der Waals surface area contributed by atoms with Gasteiger partial charge in [0.1, 0.15) is 12.4 Å². The molecule has 3 rings (SSSR count). The summed E-state index contributed by atoms with van der Waals surface area (Å²) in [5, 5.41) is 9.86. The fourth-order valence-corrected chi connectivity index (χ4v) is 3.21. The number of aromatic nitrogens is 1. The third-order valence-electron chi connectivity index (χ3n) is 4.53. The number of carbonyl (C=O) groups is 1. The number of benzene rings is 2. The van der Waals surface area contributed by atoms with E-state index in [9.17, 15) is 14.3 Å². The first-order chi connectivity index (χ1) is 13.6. The van der Waals surface area contributed by atoms with Crippen molar-refractivity contribution in [2.24, 2.45) is 0 Å². The number of hydrogen-bond donors (Lipinski definition) is 1. The Labute approximate surface area is 163 Å². The molecule has 0 spiro atoms. The summed E-state index contributed by atoms with van der Waals surface area (Å²) < 4.78 is 18.7. The molecule has 1 heterocycles. The fourth-order valence-electron chi connectivity index (χ4n) is 3.21. The minimum atomic E-state index is -0.603.